The van der Waals surface area contributed by atoms with E-state index in [9.17, 15) is 19.7 Å². The third-order valence-electron chi connectivity index (χ3n) is 4.15. The zero-order valence-electron chi connectivity index (χ0n) is 16.0. The third kappa shape index (κ3) is 6.22. The Kier molecular flexibility index (Phi) is 7.74. The summed E-state index contributed by atoms with van der Waals surface area (Å²) >= 11 is 0. The normalized spacial score (nSPS) is 11.6. The molecule has 0 radical (unpaired) electrons. The molecule has 1 aromatic heterocycles. The summed E-state index contributed by atoms with van der Waals surface area (Å²) < 4.78 is 10.4. The Hall–Kier alpha value is -3.16. The molecule has 1 N–H and O–H groups in total. The maximum absolute atomic E-state index is 12.0. The van der Waals surface area contributed by atoms with E-state index in [0.29, 0.717) is 11.3 Å². The van der Waals surface area contributed by atoms with Crippen LogP contribution in [0.4, 0.5) is 5.69 Å². The van der Waals surface area contributed by atoms with E-state index in [2.05, 4.69) is 12.2 Å². The van der Waals surface area contributed by atoms with E-state index >= 15 is 0 Å². The van der Waals surface area contributed by atoms with Crippen LogP contribution in [0.15, 0.2) is 40.8 Å². The number of ether oxygens (including phenoxy) is 1. The molecule has 0 saturated carbocycles. The molecule has 0 aliphatic rings. The second kappa shape index (κ2) is 10.2. The number of rotatable bonds is 10. The van der Waals surface area contributed by atoms with Gasteiger partial charge in [0.1, 0.15) is 5.76 Å². The molecule has 8 nitrogen and oxygen atoms in total. The van der Waals surface area contributed by atoms with Crippen LogP contribution in [-0.2, 0) is 9.53 Å². The predicted molar refractivity (Wildman–Crippen MR) is 103 cm³/mol. The first-order chi connectivity index (χ1) is 13.4. The average molecular weight is 388 g/mol. The molecule has 1 atom stereocenters. The minimum Gasteiger partial charge on any atom is -0.450 e. The van der Waals surface area contributed by atoms with Gasteiger partial charge < -0.3 is 14.5 Å². The van der Waals surface area contributed by atoms with Crippen molar-refractivity contribution in [1.82, 2.24) is 5.32 Å². The van der Waals surface area contributed by atoms with Gasteiger partial charge in [0.15, 0.2) is 6.61 Å². The van der Waals surface area contributed by atoms with Crippen molar-refractivity contribution in [3.05, 3.63) is 52.3 Å². The first-order valence-corrected chi connectivity index (χ1v) is 9.22. The summed E-state index contributed by atoms with van der Waals surface area (Å²) in [7, 11) is 0. The number of nitro benzene ring substituents is 1. The van der Waals surface area contributed by atoms with E-state index in [0.717, 1.165) is 25.7 Å². The Balaban J connectivity index is 1.85. The largest absolute Gasteiger partial charge is 0.450 e. The second-order valence-electron chi connectivity index (χ2n) is 6.51. The lowest BCUT2D eigenvalue weighted by Crippen LogP contribution is -2.35. The highest BCUT2D eigenvalue weighted by Gasteiger charge is 2.16. The number of nitrogens with one attached hydrogen (secondary N) is 1. The van der Waals surface area contributed by atoms with Crippen molar-refractivity contribution in [3.8, 4) is 11.3 Å². The Morgan fingerprint density at radius 2 is 1.89 bits per heavy atom. The maximum atomic E-state index is 12.0. The highest BCUT2D eigenvalue weighted by molar-refractivity contribution is 5.89. The van der Waals surface area contributed by atoms with Crippen LogP contribution in [0.3, 0.4) is 0 Å². The van der Waals surface area contributed by atoms with Gasteiger partial charge in [0.25, 0.3) is 11.6 Å². The number of esters is 1. The maximum Gasteiger partial charge on any atom is 0.374 e. The highest BCUT2D eigenvalue weighted by atomic mass is 16.6. The molecule has 0 spiro atoms. The van der Waals surface area contributed by atoms with E-state index < -0.39 is 10.9 Å². The molecular formula is C20H24N2O6. The van der Waals surface area contributed by atoms with Crippen molar-refractivity contribution in [1.29, 1.82) is 0 Å². The van der Waals surface area contributed by atoms with Crippen LogP contribution in [0, 0.1) is 10.1 Å². The predicted octanol–water partition coefficient (Wildman–Crippen LogP) is 4.10. The van der Waals surface area contributed by atoms with Crippen molar-refractivity contribution in [3.63, 3.8) is 0 Å². The molecule has 28 heavy (non-hydrogen) atoms. The van der Waals surface area contributed by atoms with Gasteiger partial charge in [-0.05, 0) is 37.6 Å². The monoisotopic (exact) mass is 388 g/mol. The molecule has 2 aromatic rings. The molecule has 0 fully saturated rings. The van der Waals surface area contributed by atoms with Crippen LogP contribution in [0.25, 0.3) is 11.3 Å². The molecule has 1 aromatic carbocycles. The van der Waals surface area contributed by atoms with E-state index in [1.807, 2.05) is 6.92 Å². The van der Waals surface area contributed by atoms with Gasteiger partial charge in [-0.15, -0.1) is 0 Å². The van der Waals surface area contributed by atoms with Gasteiger partial charge in [-0.25, -0.2) is 4.79 Å². The zero-order valence-corrected chi connectivity index (χ0v) is 16.0. The van der Waals surface area contributed by atoms with E-state index in [1.54, 1.807) is 6.07 Å². The van der Waals surface area contributed by atoms with Gasteiger partial charge in [-0.1, -0.05) is 26.2 Å². The summed E-state index contributed by atoms with van der Waals surface area (Å²) in [4.78, 5) is 34.1. The first-order valence-electron chi connectivity index (χ1n) is 9.22. The van der Waals surface area contributed by atoms with Gasteiger partial charge in [0, 0.05) is 23.7 Å². The molecule has 8 heteroatoms. The third-order valence-corrected chi connectivity index (χ3v) is 4.15. The summed E-state index contributed by atoms with van der Waals surface area (Å²) in [6.07, 6.45) is 4.15. The van der Waals surface area contributed by atoms with Crippen molar-refractivity contribution >= 4 is 17.6 Å². The van der Waals surface area contributed by atoms with E-state index in [1.165, 1.54) is 30.3 Å². The SMILES string of the molecule is CCCCC[C@H](C)NC(=O)COC(=O)c1ccc(-c2ccc([N+](=O)[O-])cc2)o1. The van der Waals surface area contributed by atoms with Crippen molar-refractivity contribution in [2.24, 2.45) is 0 Å². The van der Waals surface area contributed by atoms with Crippen molar-refractivity contribution < 1.29 is 23.7 Å². The molecule has 1 amide bonds. The van der Waals surface area contributed by atoms with Crippen LogP contribution in [-0.4, -0.2) is 29.4 Å². The lowest BCUT2D eigenvalue weighted by molar-refractivity contribution is -0.384. The number of hydrogen-bond acceptors (Lipinski definition) is 6. The fourth-order valence-corrected chi connectivity index (χ4v) is 2.64. The topological polar surface area (TPSA) is 112 Å². The molecule has 150 valence electrons. The van der Waals surface area contributed by atoms with Crippen molar-refractivity contribution in [2.75, 3.05) is 6.61 Å². The zero-order chi connectivity index (χ0) is 20.5. The average Bonchev–Trinajstić information content (AvgIpc) is 3.16. The van der Waals surface area contributed by atoms with E-state index in [-0.39, 0.29) is 30.0 Å². The Bertz CT molecular complexity index is 812. The number of carbonyl (C=O) groups excluding carboxylic acids is 2. The summed E-state index contributed by atoms with van der Waals surface area (Å²) in [6.45, 7) is 3.65. The summed E-state index contributed by atoms with van der Waals surface area (Å²) in [5.74, 6) is -0.783. The molecule has 2 rings (SSSR count). The minimum atomic E-state index is -0.748. The van der Waals surface area contributed by atoms with Gasteiger partial charge in [0.05, 0.1) is 4.92 Å². The number of unbranched alkanes of at least 4 members (excludes halogenated alkanes) is 2. The molecular weight excluding hydrogens is 364 g/mol. The fraction of sp³-hybridized carbons (Fsp3) is 0.400. The van der Waals surface area contributed by atoms with Gasteiger partial charge in [-0.3, -0.25) is 14.9 Å². The highest BCUT2D eigenvalue weighted by Crippen LogP contribution is 2.24. The number of benzene rings is 1. The number of carbonyl (C=O) groups is 2. The number of furan rings is 1. The van der Waals surface area contributed by atoms with Crippen LogP contribution in [0.2, 0.25) is 0 Å². The smallest absolute Gasteiger partial charge is 0.374 e. The minimum absolute atomic E-state index is 0.0232. The van der Waals surface area contributed by atoms with Gasteiger partial charge in [0.2, 0.25) is 5.76 Å². The molecule has 1 heterocycles. The molecule has 0 saturated heterocycles. The lowest BCUT2D eigenvalue weighted by atomic mass is 10.1. The van der Waals surface area contributed by atoms with E-state index in [4.69, 9.17) is 9.15 Å². The number of non-ortho nitro benzene ring substituents is 1. The molecule has 0 aliphatic carbocycles. The number of nitrogens with zero attached hydrogens (tertiary/aromatic N) is 1. The number of amides is 1. The number of hydrogen-bond donors (Lipinski definition) is 1. The lowest BCUT2D eigenvalue weighted by Gasteiger charge is -2.13. The molecule has 0 unspecified atom stereocenters. The Morgan fingerprint density at radius 3 is 2.54 bits per heavy atom. The summed E-state index contributed by atoms with van der Waals surface area (Å²) in [6, 6.07) is 8.77. The van der Waals surface area contributed by atoms with Crippen LogP contribution >= 0.6 is 0 Å². The quantitative estimate of drug-likeness (QED) is 0.284. The number of nitro groups is 1. The first kappa shape index (κ1) is 21.1. The Labute approximate surface area is 163 Å². The molecule has 0 aliphatic heterocycles. The summed E-state index contributed by atoms with van der Waals surface area (Å²) in [5.41, 5.74) is 0.549. The fourth-order valence-electron chi connectivity index (χ4n) is 2.64. The van der Waals surface area contributed by atoms with Gasteiger partial charge >= 0.3 is 5.97 Å². The van der Waals surface area contributed by atoms with Crippen molar-refractivity contribution in [2.45, 2.75) is 45.6 Å². The van der Waals surface area contributed by atoms with Crippen LogP contribution in [0.1, 0.15) is 50.1 Å². The second-order valence-corrected chi connectivity index (χ2v) is 6.51. The van der Waals surface area contributed by atoms with Gasteiger partial charge in [-0.2, -0.15) is 0 Å². The molecule has 0 bridgehead atoms. The summed E-state index contributed by atoms with van der Waals surface area (Å²) in [5, 5.41) is 13.5. The van der Waals surface area contributed by atoms with Crippen LogP contribution < -0.4 is 5.32 Å². The Morgan fingerprint density at radius 1 is 1.18 bits per heavy atom. The standard InChI is InChI=1S/C20H24N2O6/c1-3-4-5-6-14(2)21-19(23)13-27-20(24)18-12-11-17(28-18)15-7-9-16(10-8-15)22(25)26/h7-12,14H,3-6,13H2,1-2H3,(H,21,23)/t14-/m0/s1. The van der Waals surface area contributed by atoms with Crippen LogP contribution in [0.5, 0.6) is 0 Å².